The van der Waals surface area contributed by atoms with E-state index in [-0.39, 0.29) is 18.9 Å². The second-order valence-electron chi connectivity index (χ2n) is 16.9. The molecular weight excluding hydrogens is 693 g/mol. The summed E-state index contributed by atoms with van der Waals surface area (Å²) < 4.78 is 64.9. The van der Waals surface area contributed by atoms with Crippen molar-refractivity contribution in [2.24, 2.45) is 23.2 Å². The molecule has 1 N–H and O–H groups in total. The van der Waals surface area contributed by atoms with E-state index in [1.54, 1.807) is 60.8 Å². The van der Waals surface area contributed by atoms with Crippen LogP contribution in [0.1, 0.15) is 106 Å². The number of alkyl halides is 3. The van der Waals surface area contributed by atoms with Crippen LogP contribution in [-0.4, -0.2) is 82.6 Å². The topological polar surface area (TPSA) is 129 Å². The molecule has 3 aliphatic rings. The molecule has 2 fully saturated rings. The van der Waals surface area contributed by atoms with Crippen molar-refractivity contribution in [3.05, 3.63) is 23.9 Å². The first-order valence-corrected chi connectivity index (χ1v) is 18.9. The maximum Gasteiger partial charge on any atom is 0.408 e. The first kappa shape index (κ1) is 40.3. The van der Waals surface area contributed by atoms with Gasteiger partial charge in [-0.3, -0.25) is 4.79 Å². The number of hydrogen-bond acceptors (Lipinski definition) is 9. The van der Waals surface area contributed by atoms with Crippen molar-refractivity contribution in [3.8, 4) is 11.6 Å². The van der Waals surface area contributed by atoms with E-state index >= 15 is 0 Å². The molecule has 11 nitrogen and oxygen atoms in total. The molecule has 1 aliphatic carbocycles. The molecule has 1 saturated heterocycles. The van der Waals surface area contributed by atoms with Crippen LogP contribution in [0.2, 0.25) is 0 Å². The SMILES string of the molecule is CC[C@@H]1[C@@H]2CN(C(=O)[C@H](C(C)(C)C)NC(=O)OC3C(CC(F)(F)F)CC[C@H]3CCCCCc3nc4ccc(OC)cc4nc3O2)[C@@H]1C(=O)OC(C)(C)C. The highest BCUT2D eigenvalue weighted by molar-refractivity contribution is 5.91. The number of hydrogen-bond donors (Lipinski definition) is 1. The van der Waals surface area contributed by atoms with Crippen molar-refractivity contribution in [2.75, 3.05) is 13.7 Å². The number of esters is 1. The predicted molar refractivity (Wildman–Crippen MR) is 191 cm³/mol. The minimum atomic E-state index is -4.42. The average Bonchev–Trinajstić information content (AvgIpc) is 3.60. The third kappa shape index (κ3) is 9.83. The number of halogens is 3. The smallest absolute Gasteiger partial charge is 0.408 e. The van der Waals surface area contributed by atoms with Crippen LogP contribution in [0, 0.1) is 23.2 Å². The van der Waals surface area contributed by atoms with Gasteiger partial charge >= 0.3 is 18.2 Å². The number of benzene rings is 1. The quantitative estimate of drug-likeness (QED) is 0.315. The first-order chi connectivity index (χ1) is 24.8. The van der Waals surface area contributed by atoms with Crippen LogP contribution in [0.25, 0.3) is 11.0 Å². The third-order valence-electron chi connectivity index (χ3n) is 10.6. The van der Waals surface area contributed by atoms with Crippen molar-refractivity contribution in [1.29, 1.82) is 0 Å². The summed E-state index contributed by atoms with van der Waals surface area (Å²) >= 11 is 0. The molecule has 14 heteroatoms. The zero-order valence-electron chi connectivity index (χ0n) is 32.2. The molecule has 2 bridgehead atoms. The second-order valence-corrected chi connectivity index (χ2v) is 16.9. The lowest BCUT2D eigenvalue weighted by Gasteiger charge is -2.36. The third-order valence-corrected chi connectivity index (χ3v) is 10.6. The Morgan fingerprint density at radius 2 is 1.72 bits per heavy atom. The Kier molecular flexibility index (Phi) is 12.1. The van der Waals surface area contributed by atoms with Gasteiger partial charge in [0.1, 0.15) is 41.3 Å². The van der Waals surface area contributed by atoms with Gasteiger partial charge in [0.2, 0.25) is 11.8 Å². The summed E-state index contributed by atoms with van der Waals surface area (Å²) in [6.07, 6.45) is -3.54. The number of methoxy groups -OCH3 is 1. The van der Waals surface area contributed by atoms with Crippen molar-refractivity contribution in [3.63, 3.8) is 0 Å². The molecule has 3 heterocycles. The molecule has 7 atom stereocenters. The number of carbonyl (C=O) groups excluding carboxylic acids is 3. The Bertz CT molecular complexity index is 1640. The van der Waals surface area contributed by atoms with Crippen molar-refractivity contribution >= 4 is 29.0 Å². The van der Waals surface area contributed by atoms with Crippen LogP contribution < -0.4 is 14.8 Å². The lowest BCUT2D eigenvalue weighted by atomic mass is 9.85. The zero-order chi connectivity index (χ0) is 38.9. The fourth-order valence-electron chi connectivity index (χ4n) is 8.09. The Hall–Kier alpha value is -3.84. The number of fused-ring (bicyclic) bond motifs is 5. The molecule has 5 rings (SSSR count). The van der Waals surface area contributed by atoms with E-state index in [1.165, 1.54) is 4.90 Å². The van der Waals surface area contributed by atoms with Gasteiger partial charge < -0.3 is 29.2 Å². The molecule has 53 heavy (non-hydrogen) atoms. The van der Waals surface area contributed by atoms with E-state index in [2.05, 4.69) is 5.32 Å². The molecule has 2 aliphatic heterocycles. The van der Waals surface area contributed by atoms with Crippen LogP contribution >= 0.6 is 0 Å². The highest BCUT2D eigenvalue weighted by Crippen LogP contribution is 2.43. The molecule has 1 aromatic heterocycles. The van der Waals surface area contributed by atoms with Gasteiger partial charge in [-0.2, -0.15) is 13.2 Å². The fourth-order valence-corrected chi connectivity index (χ4v) is 8.09. The summed E-state index contributed by atoms with van der Waals surface area (Å²) in [7, 11) is 1.57. The van der Waals surface area contributed by atoms with E-state index in [4.69, 9.17) is 28.9 Å². The number of ether oxygens (including phenoxy) is 4. The van der Waals surface area contributed by atoms with Gasteiger partial charge in [-0.05, 0) is 82.8 Å². The van der Waals surface area contributed by atoms with Crippen molar-refractivity contribution in [2.45, 2.75) is 142 Å². The van der Waals surface area contributed by atoms with Crippen molar-refractivity contribution in [1.82, 2.24) is 20.2 Å². The van der Waals surface area contributed by atoms with Crippen LogP contribution in [0.4, 0.5) is 18.0 Å². The maximum atomic E-state index is 14.7. The highest BCUT2D eigenvalue weighted by atomic mass is 19.4. The largest absolute Gasteiger partial charge is 0.497 e. The number of alkyl carbamates (subject to hydrolysis) is 1. The minimum absolute atomic E-state index is 0.0137. The Morgan fingerprint density at radius 1 is 0.981 bits per heavy atom. The number of nitrogens with zero attached hydrogens (tertiary/aromatic N) is 3. The summed E-state index contributed by atoms with van der Waals surface area (Å²) in [5, 5.41) is 2.72. The van der Waals surface area contributed by atoms with Gasteiger partial charge in [-0.15, -0.1) is 0 Å². The molecule has 294 valence electrons. The molecule has 2 aromatic rings. The van der Waals surface area contributed by atoms with E-state index in [1.807, 2.05) is 13.0 Å². The number of aryl methyl sites for hydroxylation is 1. The summed E-state index contributed by atoms with van der Waals surface area (Å²) in [4.78, 5) is 53.6. The van der Waals surface area contributed by atoms with Gasteiger partial charge in [0, 0.05) is 24.3 Å². The highest BCUT2D eigenvalue weighted by Gasteiger charge is 2.53. The van der Waals surface area contributed by atoms with E-state index in [0.717, 1.165) is 12.8 Å². The fraction of sp³-hybridized carbons (Fsp3) is 0.718. The van der Waals surface area contributed by atoms with Gasteiger partial charge in [0.25, 0.3) is 0 Å². The van der Waals surface area contributed by atoms with Gasteiger partial charge in [-0.25, -0.2) is 19.6 Å². The summed E-state index contributed by atoms with van der Waals surface area (Å²) in [6, 6.07) is 3.15. The Balaban J connectivity index is 1.58. The normalized spacial score (nSPS) is 27.8. The van der Waals surface area contributed by atoms with E-state index < -0.39 is 77.7 Å². The molecule has 0 spiro atoms. The summed E-state index contributed by atoms with van der Waals surface area (Å²) in [5.41, 5.74) is 0.102. The molecule has 2 amide bonds. The molecule has 1 saturated carbocycles. The molecule has 2 unspecified atom stereocenters. The summed E-state index contributed by atoms with van der Waals surface area (Å²) in [5.74, 6) is -1.92. The number of rotatable bonds is 4. The zero-order valence-corrected chi connectivity index (χ0v) is 32.2. The standard InChI is InChI=1S/C39H55F3N4O7/c1-9-25-29-21-46(30(25)35(48)53-38(5,6)7)34(47)32(37(2,3)4)45-36(49)52-31-22(15-16-23(31)20-39(40,41)42)13-11-10-12-14-27-33(51-29)44-28-19-24(50-8)17-18-26(28)43-27/h17-19,22-23,25,29-32H,9-16,20-21H2,1-8H3,(H,45,49)/t22-,23?,25-,29+,30+,31?,32-/m1/s1. The molecule has 0 radical (unpaired) electrons. The summed E-state index contributed by atoms with van der Waals surface area (Å²) in [6.45, 7) is 12.4. The van der Waals surface area contributed by atoms with Gasteiger partial charge in [0.05, 0.1) is 24.7 Å². The lowest BCUT2D eigenvalue weighted by Crippen LogP contribution is -2.58. The van der Waals surface area contributed by atoms with Gasteiger partial charge in [-0.1, -0.05) is 40.5 Å². The second kappa shape index (κ2) is 15.9. The molecular formula is C39H55F3N4O7. The van der Waals surface area contributed by atoms with E-state index in [0.29, 0.717) is 60.5 Å². The monoisotopic (exact) mass is 748 g/mol. The van der Waals surface area contributed by atoms with E-state index in [9.17, 15) is 27.6 Å². The number of carbonyl (C=O) groups is 3. The van der Waals surface area contributed by atoms with Crippen LogP contribution in [-0.2, 0) is 25.5 Å². The van der Waals surface area contributed by atoms with Crippen LogP contribution in [0.15, 0.2) is 18.2 Å². The lowest BCUT2D eigenvalue weighted by molar-refractivity contribution is -0.165. The van der Waals surface area contributed by atoms with Crippen LogP contribution in [0.3, 0.4) is 0 Å². The molecule has 1 aromatic carbocycles. The Morgan fingerprint density at radius 3 is 2.36 bits per heavy atom. The number of amides is 2. The average molecular weight is 749 g/mol. The number of nitrogens with one attached hydrogen (secondary N) is 1. The predicted octanol–water partition coefficient (Wildman–Crippen LogP) is 7.57. The van der Waals surface area contributed by atoms with Crippen molar-refractivity contribution < 1.29 is 46.5 Å². The maximum absolute atomic E-state index is 14.7. The van der Waals surface area contributed by atoms with Crippen LogP contribution in [0.5, 0.6) is 11.6 Å². The first-order valence-electron chi connectivity index (χ1n) is 18.9. The van der Waals surface area contributed by atoms with Gasteiger partial charge in [0.15, 0.2) is 0 Å². The number of aromatic nitrogens is 2. The minimum Gasteiger partial charge on any atom is -0.497 e. The Labute approximate surface area is 310 Å².